The van der Waals surface area contributed by atoms with Crippen LogP contribution < -0.4 is 0 Å². The quantitative estimate of drug-likeness (QED) is 0.590. The van der Waals surface area contributed by atoms with Gasteiger partial charge in [0.25, 0.3) is 0 Å². The molecule has 2 fully saturated rings. The van der Waals surface area contributed by atoms with Gasteiger partial charge in [-0.2, -0.15) is 0 Å². The lowest BCUT2D eigenvalue weighted by Gasteiger charge is -2.52. The van der Waals surface area contributed by atoms with Crippen LogP contribution in [0.3, 0.4) is 0 Å². The van der Waals surface area contributed by atoms with Crippen LogP contribution >= 0.6 is 0 Å². The van der Waals surface area contributed by atoms with E-state index < -0.39 is 0 Å². The fourth-order valence-electron chi connectivity index (χ4n) is 2.85. The van der Waals surface area contributed by atoms with Crippen molar-refractivity contribution in [3.63, 3.8) is 0 Å². The standard InChI is InChI=1S/C10H19NO/c1-11-7-10(8-11)5-3-9(12-2)4-6-10/h9H,3-8H2,1-2H3. The molecule has 0 atom stereocenters. The van der Waals surface area contributed by atoms with E-state index in [0.717, 1.165) is 0 Å². The van der Waals surface area contributed by atoms with Crippen LogP contribution in [0.4, 0.5) is 0 Å². The first-order valence-electron chi connectivity index (χ1n) is 4.95. The molecule has 0 aromatic rings. The fourth-order valence-corrected chi connectivity index (χ4v) is 2.85. The Labute approximate surface area is 74.9 Å². The van der Waals surface area contributed by atoms with E-state index in [1.54, 1.807) is 0 Å². The summed E-state index contributed by atoms with van der Waals surface area (Å²) >= 11 is 0. The van der Waals surface area contributed by atoms with E-state index in [1.165, 1.54) is 38.8 Å². The molecule has 1 aliphatic heterocycles. The van der Waals surface area contributed by atoms with E-state index in [1.807, 2.05) is 7.11 Å². The topological polar surface area (TPSA) is 12.5 Å². The lowest BCUT2D eigenvalue weighted by atomic mass is 9.68. The number of hydrogen-bond acceptors (Lipinski definition) is 2. The van der Waals surface area contributed by atoms with Gasteiger partial charge in [0, 0.05) is 20.2 Å². The van der Waals surface area contributed by atoms with Crippen LogP contribution in [-0.4, -0.2) is 38.3 Å². The molecule has 1 spiro atoms. The van der Waals surface area contributed by atoms with Crippen molar-refractivity contribution in [1.82, 2.24) is 4.90 Å². The van der Waals surface area contributed by atoms with Gasteiger partial charge in [0.1, 0.15) is 0 Å². The Morgan fingerprint density at radius 1 is 1.25 bits per heavy atom. The summed E-state index contributed by atoms with van der Waals surface area (Å²) in [5.41, 5.74) is 0.698. The Morgan fingerprint density at radius 3 is 2.25 bits per heavy atom. The van der Waals surface area contributed by atoms with Gasteiger partial charge in [-0.1, -0.05) is 0 Å². The van der Waals surface area contributed by atoms with E-state index in [-0.39, 0.29) is 0 Å². The fraction of sp³-hybridized carbons (Fsp3) is 1.00. The second kappa shape index (κ2) is 3.00. The Balaban J connectivity index is 1.83. The molecule has 2 heteroatoms. The van der Waals surface area contributed by atoms with Crippen LogP contribution in [0.1, 0.15) is 25.7 Å². The number of hydrogen-bond donors (Lipinski definition) is 0. The first kappa shape index (κ1) is 8.52. The van der Waals surface area contributed by atoms with Crippen molar-refractivity contribution < 1.29 is 4.74 Å². The molecule has 0 amide bonds. The predicted octanol–water partition coefficient (Wildman–Crippen LogP) is 1.51. The number of methoxy groups -OCH3 is 1. The molecule has 1 aliphatic carbocycles. The Hall–Kier alpha value is -0.0800. The van der Waals surface area contributed by atoms with E-state index in [9.17, 15) is 0 Å². The summed E-state index contributed by atoms with van der Waals surface area (Å²) < 4.78 is 5.37. The van der Waals surface area contributed by atoms with Crippen LogP contribution in [0.5, 0.6) is 0 Å². The molecule has 2 aliphatic rings. The third-order valence-electron chi connectivity index (χ3n) is 3.54. The normalized spacial score (nSPS) is 30.5. The van der Waals surface area contributed by atoms with Crippen molar-refractivity contribution >= 4 is 0 Å². The van der Waals surface area contributed by atoms with Gasteiger partial charge in [0.15, 0.2) is 0 Å². The minimum absolute atomic E-state index is 0.557. The van der Waals surface area contributed by atoms with Crippen molar-refractivity contribution in [3.05, 3.63) is 0 Å². The van der Waals surface area contributed by atoms with Gasteiger partial charge < -0.3 is 9.64 Å². The third-order valence-corrected chi connectivity index (χ3v) is 3.54. The molecular weight excluding hydrogens is 150 g/mol. The van der Waals surface area contributed by atoms with E-state index >= 15 is 0 Å². The van der Waals surface area contributed by atoms with Gasteiger partial charge in [-0.05, 0) is 38.1 Å². The largest absolute Gasteiger partial charge is 0.381 e. The highest BCUT2D eigenvalue weighted by Gasteiger charge is 2.43. The smallest absolute Gasteiger partial charge is 0.0571 e. The van der Waals surface area contributed by atoms with E-state index in [0.29, 0.717) is 11.5 Å². The summed E-state index contributed by atoms with van der Waals surface area (Å²) in [6.07, 6.45) is 5.89. The average Bonchev–Trinajstić information content (AvgIpc) is 2.04. The highest BCUT2D eigenvalue weighted by Crippen LogP contribution is 2.43. The minimum atomic E-state index is 0.557. The summed E-state index contributed by atoms with van der Waals surface area (Å²) in [4.78, 5) is 2.42. The summed E-state index contributed by atoms with van der Waals surface area (Å²) in [6, 6.07) is 0. The lowest BCUT2D eigenvalue weighted by molar-refractivity contribution is -0.0503. The molecule has 1 saturated carbocycles. The van der Waals surface area contributed by atoms with Gasteiger partial charge in [-0.3, -0.25) is 0 Å². The SMILES string of the molecule is COC1CCC2(CC1)CN(C)C2. The molecule has 1 saturated heterocycles. The third kappa shape index (κ3) is 1.38. The monoisotopic (exact) mass is 169 g/mol. The maximum atomic E-state index is 5.37. The zero-order valence-corrected chi connectivity index (χ0v) is 8.18. The van der Waals surface area contributed by atoms with Crippen LogP contribution in [0, 0.1) is 5.41 Å². The lowest BCUT2D eigenvalue weighted by Crippen LogP contribution is -2.56. The number of ether oxygens (including phenoxy) is 1. The van der Waals surface area contributed by atoms with Crippen molar-refractivity contribution in [2.75, 3.05) is 27.2 Å². The van der Waals surface area contributed by atoms with Crippen LogP contribution in [0.25, 0.3) is 0 Å². The molecule has 2 nitrogen and oxygen atoms in total. The van der Waals surface area contributed by atoms with E-state index in [4.69, 9.17) is 4.74 Å². The average molecular weight is 169 g/mol. The Kier molecular flexibility index (Phi) is 2.13. The molecule has 70 valence electrons. The van der Waals surface area contributed by atoms with Crippen LogP contribution in [0.15, 0.2) is 0 Å². The van der Waals surface area contributed by atoms with Crippen LogP contribution in [-0.2, 0) is 4.74 Å². The molecule has 0 bridgehead atoms. The van der Waals surface area contributed by atoms with Gasteiger partial charge in [0.2, 0.25) is 0 Å². The molecule has 2 rings (SSSR count). The molecule has 0 aromatic carbocycles. The van der Waals surface area contributed by atoms with Crippen LogP contribution in [0.2, 0.25) is 0 Å². The van der Waals surface area contributed by atoms with Gasteiger partial charge in [-0.25, -0.2) is 0 Å². The summed E-state index contributed by atoms with van der Waals surface area (Å²) in [5, 5.41) is 0. The molecule has 0 unspecified atom stereocenters. The first-order chi connectivity index (χ1) is 5.74. The maximum absolute atomic E-state index is 5.37. The molecule has 1 heterocycles. The van der Waals surface area contributed by atoms with Gasteiger partial charge >= 0.3 is 0 Å². The second-order valence-corrected chi connectivity index (χ2v) is 4.61. The van der Waals surface area contributed by atoms with Gasteiger partial charge in [-0.15, -0.1) is 0 Å². The van der Waals surface area contributed by atoms with Crippen molar-refractivity contribution in [1.29, 1.82) is 0 Å². The summed E-state index contributed by atoms with van der Waals surface area (Å²) in [5.74, 6) is 0. The molecule has 0 aromatic heterocycles. The zero-order valence-electron chi connectivity index (χ0n) is 8.18. The highest BCUT2D eigenvalue weighted by molar-refractivity contribution is 4.96. The molecular formula is C10H19NO. The highest BCUT2D eigenvalue weighted by atomic mass is 16.5. The van der Waals surface area contributed by atoms with Crippen molar-refractivity contribution in [2.45, 2.75) is 31.8 Å². The Bertz CT molecular complexity index is 153. The summed E-state index contributed by atoms with van der Waals surface area (Å²) in [7, 11) is 4.06. The Morgan fingerprint density at radius 2 is 1.83 bits per heavy atom. The molecule has 12 heavy (non-hydrogen) atoms. The van der Waals surface area contributed by atoms with Crippen molar-refractivity contribution in [2.24, 2.45) is 5.41 Å². The second-order valence-electron chi connectivity index (χ2n) is 4.61. The van der Waals surface area contributed by atoms with Crippen molar-refractivity contribution in [3.8, 4) is 0 Å². The van der Waals surface area contributed by atoms with E-state index in [2.05, 4.69) is 11.9 Å². The minimum Gasteiger partial charge on any atom is -0.381 e. The first-order valence-corrected chi connectivity index (χ1v) is 4.95. The van der Waals surface area contributed by atoms with Gasteiger partial charge in [0.05, 0.1) is 6.10 Å². The molecule has 0 radical (unpaired) electrons. The number of likely N-dealkylation sites (tertiary alicyclic amines) is 1. The maximum Gasteiger partial charge on any atom is 0.0571 e. The number of rotatable bonds is 1. The zero-order chi connectivity index (χ0) is 8.60. The summed E-state index contributed by atoms with van der Waals surface area (Å²) in [6.45, 7) is 2.65. The predicted molar refractivity (Wildman–Crippen MR) is 49.2 cm³/mol. The number of nitrogens with zero attached hydrogens (tertiary/aromatic N) is 1. The molecule has 0 N–H and O–H groups in total.